The lowest BCUT2D eigenvalue weighted by atomic mass is 9.99. The van der Waals surface area contributed by atoms with Crippen LogP contribution >= 0.6 is 0 Å². The number of anilines is 4. The topological polar surface area (TPSA) is 97.6 Å². The van der Waals surface area contributed by atoms with Gasteiger partial charge >= 0.3 is 0 Å². The first-order valence-corrected chi connectivity index (χ1v) is 9.36. The van der Waals surface area contributed by atoms with Crippen molar-refractivity contribution in [3.63, 3.8) is 0 Å². The second-order valence-corrected chi connectivity index (χ2v) is 6.72. The van der Waals surface area contributed by atoms with Crippen LogP contribution < -0.4 is 31.0 Å². The molecule has 0 unspecified atom stereocenters. The molecule has 8 nitrogen and oxygen atoms in total. The van der Waals surface area contributed by atoms with Gasteiger partial charge in [0.25, 0.3) is 0 Å². The van der Waals surface area contributed by atoms with E-state index in [1.54, 1.807) is 14.2 Å². The molecule has 150 valence electrons. The van der Waals surface area contributed by atoms with E-state index in [2.05, 4.69) is 26.7 Å². The molecule has 2 heterocycles. The van der Waals surface area contributed by atoms with Crippen molar-refractivity contribution in [2.24, 2.45) is 5.84 Å². The third-order valence-corrected chi connectivity index (χ3v) is 4.93. The summed E-state index contributed by atoms with van der Waals surface area (Å²) in [5.74, 6) is 8.96. The molecular weight excluding hydrogens is 368 g/mol. The van der Waals surface area contributed by atoms with E-state index < -0.39 is 0 Å². The zero-order valence-electron chi connectivity index (χ0n) is 16.5. The number of ether oxygens (including phenoxy) is 2. The normalized spacial score (nSPS) is 12.9. The van der Waals surface area contributed by atoms with Gasteiger partial charge in [-0.2, -0.15) is 9.97 Å². The summed E-state index contributed by atoms with van der Waals surface area (Å²) in [5, 5.41) is 3.23. The van der Waals surface area contributed by atoms with Gasteiger partial charge in [-0.15, -0.1) is 0 Å². The Morgan fingerprint density at radius 3 is 2.38 bits per heavy atom. The van der Waals surface area contributed by atoms with Crippen molar-refractivity contribution in [3.05, 3.63) is 59.7 Å². The van der Waals surface area contributed by atoms with Gasteiger partial charge in [0, 0.05) is 24.8 Å². The van der Waals surface area contributed by atoms with E-state index in [-0.39, 0.29) is 0 Å². The van der Waals surface area contributed by atoms with Crippen molar-refractivity contribution in [3.8, 4) is 11.5 Å². The molecule has 1 aliphatic heterocycles. The highest BCUT2D eigenvalue weighted by molar-refractivity contribution is 5.60. The van der Waals surface area contributed by atoms with Gasteiger partial charge in [-0.3, -0.25) is 0 Å². The number of aromatic nitrogens is 2. The zero-order valence-corrected chi connectivity index (χ0v) is 16.5. The second-order valence-electron chi connectivity index (χ2n) is 6.72. The van der Waals surface area contributed by atoms with E-state index in [4.69, 9.17) is 20.3 Å². The van der Waals surface area contributed by atoms with Crippen molar-refractivity contribution < 1.29 is 9.47 Å². The summed E-state index contributed by atoms with van der Waals surface area (Å²) in [6, 6.07) is 15.7. The fourth-order valence-electron chi connectivity index (χ4n) is 3.46. The summed E-state index contributed by atoms with van der Waals surface area (Å²) in [7, 11) is 3.30. The van der Waals surface area contributed by atoms with E-state index in [9.17, 15) is 0 Å². The molecule has 4 rings (SSSR count). The molecule has 8 heteroatoms. The predicted octanol–water partition coefficient (Wildman–Crippen LogP) is 3.09. The maximum absolute atomic E-state index is 5.64. The number of nitrogens with zero attached hydrogens (tertiary/aromatic N) is 3. The highest BCUT2D eigenvalue weighted by Gasteiger charge is 2.21. The van der Waals surface area contributed by atoms with Gasteiger partial charge in [0.15, 0.2) is 11.5 Å². The monoisotopic (exact) mass is 392 g/mol. The maximum Gasteiger partial charge on any atom is 0.231 e. The number of nitrogens with two attached hydrogens (primary N) is 1. The van der Waals surface area contributed by atoms with Gasteiger partial charge in [0.1, 0.15) is 11.6 Å². The average molecular weight is 392 g/mol. The van der Waals surface area contributed by atoms with Crippen LogP contribution in [0.5, 0.6) is 11.5 Å². The molecule has 0 radical (unpaired) electrons. The summed E-state index contributed by atoms with van der Waals surface area (Å²) in [6.45, 7) is 1.54. The van der Waals surface area contributed by atoms with Crippen molar-refractivity contribution in [2.45, 2.75) is 13.0 Å². The van der Waals surface area contributed by atoms with Gasteiger partial charge in [-0.05, 0) is 41.8 Å². The Labute approximate surface area is 169 Å². The summed E-state index contributed by atoms with van der Waals surface area (Å²) >= 11 is 0. The zero-order chi connectivity index (χ0) is 20.2. The maximum atomic E-state index is 5.64. The van der Waals surface area contributed by atoms with Gasteiger partial charge in [0.05, 0.1) is 14.2 Å². The van der Waals surface area contributed by atoms with Gasteiger partial charge in [-0.1, -0.05) is 18.2 Å². The summed E-state index contributed by atoms with van der Waals surface area (Å²) < 4.78 is 10.9. The molecule has 1 aromatic heterocycles. The highest BCUT2D eigenvalue weighted by Crippen LogP contribution is 2.34. The third kappa shape index (κ3) is 4.02. The van der Waals surface area contributed by atoms with Crippen molar-refractivity contribution in [1.82, 2.24) is 9.97 Å². The SMILES string of the molecule is COc1cc2c(cc1OC)CN(c1cc(NN)nc(Nc3ccccc3)n1)CC2. The molecule has 0 saturated heterocycles. The van der Waals surface area contributed by atoms with Crippen LogP contribution in [0, 0.1) is 0 Å². The molecule has 0 amide bonds. The molecule has 0 atom stereocenters. The largest absolute Gasteiger partial charge is 0.493 e. The minimum Gasteiger partial charge on any atom is -0.493 e. The Morgan fingerprint density at radius 1 is 0.966 bits per heavy atom. The van der Waals surface area contributed by atoms with Crippen LogP contribution in [0.25, 0.3) is 0 Å². The van der Waals surface area contributed by atoms with E-state index in [0.29, 0.717) is 18.3 Å². The first kappa shape index (κ1) is 18.8. The Kier molecular flexibility index (Phi) is 5.35. The lowest BCUT2D eigenvalue weighted by molar-refractivity contribution is 0.353. The summed E-state index contributed by atoms with van der Waals surface area (Å²) in [4.78, 5) is 11.3. The molecule has 0 saturated carbocycles. The number of methoxy groups -OCH3 is 2. The number of benzene rings is 2. The minimum atomic E-state index is 0.486. The standard InChI is InChI=1S/C21H24N6O2/c1-28-17-10-14-8-9-27(13-15(14)11-18(17)29-2)20-12-19(26-22)24-21(25-20)23-16-6-4-3-5-7-16/h3-7,10-12H,8-9,13,22H2,1-2H3,(H2,23,24,25,26). The van der Waals surface area contributed by atoms with E-state index >= 15 is 0 Å². The van der Waals surface area contributed by atoms with E-state index in [1.807, 2.05) is 42.5 Å². The van der Waals surface area contributed by atoms with E-state index in [1.165, 1.54) is 11.1 Å². The number of rotatable bonds is 6. The molecule has 0 bridgehead atoms. The first-order chi connectivity index (χ1) is 14.2. The number of para-hydroxylation sites is 1. The lowest BCUT2D eigenvalue weighted by Gasteiger charge is -2.30. The van der Waals surface area contributed by atoms with Crippen molar-refractivity contribution in [1.29, 1.82) is 0 Å². The Balaban J connectivity index is 1.62. The van der Waals surface area contributed by atoms with Crippen LogP contribution in [0.1, 0.15) is 11.1 Å². The van der Waals surface area contributed by atoms with Crippen molar-refractivity contribution in [2.75, 3.05) is 36.4 Å². The van der Waals surface area contributed by atoms with Crippen LogP contribution in [0.3, 0.4) is 0 Å². The van der Waals surface area contributed by atoms with Crippen LogP contribution in [-0.2, 0) is 13.0 Å². The van der Waals surface area contributed by atoms with Gasteiger partial charge in [-0.25, -0.2) is 5.84 Å². The molecule has 3 aromatic rings. The number of hydrogen-bond donors (Lipinski definition) is 3. The molecule has 1 aliphatic rings. The second kappa shape index (κ2) is 8.24. The number of hydrazine groups is 1. The fraction of sp³-hybridized carbons (Fsp3) is 0.238. The molecule has 0 aliphatic carbocycles. The smallest absolute Gasteiger partial charge is 0.231 e. The van der Waals surface area contributed by atoms with Crippen LogP contribution in [0.15, 0.2) is 48.5 Å². The first-order valence-electron chi connectivity index (χ1n) is 9.36. The average Bonchev–Trinajstić information content (AvgIpc) is 2.78. The molecule has 2 aromatic carbocycles. The van der Waals surface area contributed by atoms with Gasteiger partial charge in [0.2, 0.25) is 5.95 Å². The predicted molar refractivity (Wildman–Crippen MR) is 114 cm³/mol. The van der Waals surface area contributed by atoms with Crippen LogP contribution in [0.4, 0.5) is 23.3 Å². The fourth-order valence-corrected chi connectivity index (χ4v) is 3.46. The van der Waals surface area contributed by atoms with Crippen molar-refractivity contribution >= 4 is 23.3 Å². The summed E-state index contributed by atoms with van der Waals surface area (Å²) in [5.41, 5.74) is 5.99. The van der Waals surface area contributed by atoms with Crippen LogP contribution in [0.2, 0.25) is 0 Å². The Hall–Kier alpha value is -3.52. The summed E-state index contributed by atoms with van der Waals surface area (Å²) in [6.07, 6.45) is 0.881. The molecule has 4 N–H and O–H groups in total. The number of nitrogens with one attached hydrogen (secondary N) is 2. The quantitative estimate of drug-likeness (QED) is 0.435. The number of fused-ring (bicyclic) bond motifs is 1. The Morgan fingerprint density at radius 2 is 1.69 bits per heavy atom. The molecule has 0 spiro atoms. The lowest BCUT2D eigenvalue weighted by Crippen LogP contribution is -2.31. The minimum absolute atomic E-state index is 0.486. The highest BCUT2D eigenvalue weighted by atomic mass is 16.5. The van der Waals surface area contributed by atoms with Gasteiger partial charge < -0.3 is 25.1 Å². The number of nitrogen functional groups attached to an aromatic ring is 1. The molecular formula is C21H24N6O2. The third-order valence-electron chi connectivity index (χ3n) is 4.93. The molecule has 29 heavy (non-hydrogen) atoms. The van der Waals surface area contributed by atoms with E-state index in [0.717, 1.165) is 36.0 Å². The van der Waals surface area contributed by atoms with Crippen LogP contribution in [-0.4, -0.2) is 30.7 Å². The molecule has 0 fully saturated rings. The Bertz CT molecular complexity index is 996. The number of hydrogen-bond acceptors (Lipinski definition) is 8.